The Morgan fingerprint density at radius 2 is 1.45 bits per heavy atom. The van der Waals surface area contributed by atoms with E-state index < -0.39 is 0 Å². The van der Waals surface area contributed by atoms with Crippen LogP contribution in [0.25, 0.3) is 0 Å². The fourth-order valence-corrected chi connectivity index (χ4v) is 1.67. The summed E-state index contributed by atoms with van der Waals surface area (Å²) < 4.78 is 5.58. The standard InChI is InChI=1S/C15H13N3O4/c19-11-1-5-13(6-2-11)21-15-9-10-16-18(17-15)22-14-7-3-12(20)4-8-14/h1-10,17,19-20H. The number of hydrazine groups is 1. The van der Waals surface area contributed by atoms with Crippen molar-refractivity contribution >= 4 is 6.21 Å². The van der Waals surface area contributed by atoms with E-state index in [1.807, 2.05) is 0 Å². The molecule has 0 aromatic heterocycles. The molecule has 0 saturated carbocycles. The van der Waals surface area contributed by atoms with Crippen LogP contribution in [0.1, 0.15) is 0 Å². The second kappa shape index (κ2) is 5.96. The summed E-state index contributed by atoms with van der Waals surface area (Å²) in [5.41, 5.74) is 2.81. The summed E-state index contributed by atoms with van der Waals surface area (Å²) in [5, 5.41) is 23.6. The van der Waals surface area contributed by atoms with Crippen LogP contribution in [0.15, 0.2) is 65.6 Å². The minimum absolute atomic E-state index is 0.152. The minimum atomic E-state index is 0.152. The molecule has 0 aliphatic carbocycles. The second-order valence-corrected chi connectivity index (χ2v) is 4.36. The average molecular weight is 299 g/mol. The smallest absolute Gasteiger partial charge is 0.217 e. The van der Waals surface area contributed by atoms with Gasteiger partial charge >= 0.3 is 0 Å². The highest BCUT2D eigenvalue weighted by atomic mass is 16.7. The number of aromatic hydroxyl groups is 2. The number of rotatable bonds is 4. The highest BCUT2D eigenvalue weighted by Crippen LogP contribution is 2.19. The van der Waals surface area contributed by atoms with Crippen molar-refractivity contribution in [2.45, 2.75) is 0 Å². The highest BCUT2D eigenvalue weighted by molar-refractivity contribution is 5.72. The number of allylic oxidation sites excluding steroid dienone is 1. The van der Waals surface area contributed by atoms with Crippen molar-refractivity contribution in [2.24, 2.45) is 5.10 Å². The molecular formula is C15H13N3O4. The van der Waals surface area contributed by atoms with Crippen LogP contribution in [0.3, 0.4) is 0 Å². The van der Waals surface area contributed by atoms with Gasteiger partial charge in [0.15, 0.2) is 5.75 Å². The van der Waals surface area contributed by atoms with Gasteiger partial charge in [0.2, 0.25) is 5.88 Å². The summed E-state index contributed by atoms with van der Waals surface area (Å²) in [4.78, 5) is 5.45. The molecule has 3 N–H and O–H groups in total. The Balaban J connectivity index is 1.61. The van der Waals surface area contributed by atoms with E-state index in [1.165, 1.54) is 30.5 Å². The lowest BCUT2D eigenvalue weighted by Crippen LogP contribution is -2.39. The van der Waals surface area contributed by atoms with Gasteiger partial charge in [0.25, 0.3) is 0 Å². The second-order valence-electron chi connectivity index (χ2n) is 4.36. The first-order valence-electron chi connectivity index (χ1n) is 6.44. The largest absolute Gasteiger partial charge is 0.508 e. The van der Waals surface area contributed by atoms with Crippen molar-refractivity contribution in [3.63, 3.8) is 0 Å². The Morgan fingerprint density at radius 1 is 0.864 bits per heavy atom. The number of ether oxygens (including phenoxy) is 1. The van der Waals surface area contributed by atoms with E-state index >= 15 is 0 Å². The van der Waals surface area contributed by atoms with E-state index in [0.29, 0.717) is 17.4 Å². The van der Waals surface area contributed by atoms with Crippen molar-refractivity contribution in [1.82, 2.24) is 10.7 Å². The van der Waals surface area contributed by atoms with Crippen LogP contribution < -0.4 is 15.0 Å². The summed E-state index contributed by atoms with van der Waals surface area (Å²) in [6.07, 6.45) is 3.14. The summed E-state index contributed by atoms with van der Waals surface area (Å²) >= 11 is 0. The molecule has 2 aromatic carbocycles. The summed E-state index contributed by atoms with van der Waals surface area (Å²) in [7, 11) is 0. The zero-order valence-electron chi connectivity index (χ0n) is 11.4. The first kappa shape index (κ1) is 13.6. The van der Waals surface area contributed by atoms with Gasteiger partial charge in [-0.3, -0.25) is 0 Å². The molecule has 3 rings (SSSR count). The monoisotopic (exact) mass is 299 g/mol. The third-order valence-electron chi connectivity index (χ3n) is 2.70. The van der Waals surface area contributed by atoms with Crippen molar-refractivity contribution in [3.05, 3.63) is 60.5 Å². The maximum atomic E-state index is 9.24. The quantitative estimate of drug-likeness (QED) is 0.801. The predicted octanol–water partition coefficient (Wildman–Crippen LogP) is 2.12. The Labute approximate surface area is 126 Å². The molecule has 0 fully saturated rings. The van der Waals surface area contributed by atoms with E-state index in [1.54, 1.807) is 30.3 Å². The van der Waals surface area contributed by atoms with Crippen LogP contribution in [0.4, 0.5) is 0 Å². The number of hydrogen-bond donors (Lipinski definition) is 3. The van der Waals surface area contributed by atoms with Crippen molar-refractivity contribution < 1.29 is 19.8 Å². The van der Waals surface area contributed by atoms with Crippen LogP contribution in [0.2, 0.25) is 0 Å². The first-order chi connectivity index (χ1) is 10.7. The molecular weight excluding hydrogens is 286 g/mol. The van der Waals surface area contributed by atoms with E-state index in [2.05, 4.69) is 10.5 Å². The van der Waals surface area contributed by atoms with E-state index in [-0.39, 0.29) is 11.5 Å². The molecule has 0 atom stereocenters. The number of nitrogens with zero attached hydrogens (tertiary/aromatic N) is 2. The topological polar surface area (TPSA) is 86.6 Å². The normalized spacial score (nSPS) is 13.3. The van der Waals surface area contributed by atoms with Gasteiger partial charge < -0.3 is 19.8 Å². The Morgan fingerprint density at radius 3 is 2.09 bits per heavy atom. The fraction of sp³-hybridized carbons (Fsp3) is 0. The molecule has 22 heavy (non-hydrogen) atoms. The number of phenols is 2. The first-order valence-corrected chi connectivity index (χ1v) is 6.44. The van der Waals surface area contributed by atoms with Crippen molar-refractivity contribution in [1.29, 1.82) is 0 Å². The molecule has 112 valence electrons. The molecule has 1 aliphatic rings. The van der Waals surface area contributed by atoms with Gasteiger partial charge in [0.1, 0.15) is 17.2 Å². The zero-order chi connectivity index (χ0) is 15.4. The third-order valence-corrected chi connectivity index (χ3v) is 2.70. The molecule has 2 aromatic rings. The predicted molar refractivity (Wildman–Crippen MR) is 79.0 cm³/mol. The average Bonchev–Trinajstić information content (AvgIpc) is 2.52. The molecule has 0 unspecified atom stereocenters. The van der Waals surface area contributed by atoms with Crippen LogP contribution in [0.5, 0.6) is 23.0 Å². The summed E-state index contributed by atoms with van der Waals surface area (Å²) in [6, 6.07) is 12.5. The van der Waals surface area contributed by atoms with Gasteiger partial charge in [0, 0.05) is 6.08 Å². The molecule has 1 aliphatic heterocycles. The lowest BCUT2D eigenvalue weighted by molar-refractivity contribution is -0.104. The maximum absolute atomic E-state index is 9.24. The van der Waals surface area contributed by atoms with Gasteiger partial charge in [-0.2, -0.15) is 0 Å². The van der Waals surface area contributed by atoms with Gasteiger partial charge in [-0.25, -0.2) is 5.43 Å². The lowest BCUT2D eigenvalue weighted by atomic mass is 10.3. The molecule has 0 radical (unpaired) electrons. The highest BCUT2D eigenvalue weighted by Gasteiger charge is 2.11. The zero-order valence-corrected chi connectivity index (χ0v) is 11.4. The van der Waals surface area contributed by atoms with Crippen molar-refractivity contribution in [2.75, 3.05) is 0 Å². The molecule has 1 heterocycles. The van der Waals surface area contributed by atoms with Crippen LogP contribution in [-0.2, 0) is 0 Å². The molecule has 0 saturated heterocycles. The number of benzene rings is 2. The summed E-state index contributed by atoms with van der Waals surface area (Å²) in [5.74, 6) is 1.76. The molecule has 0 bridgehead atoms. The molecule has 0 spiro atoms. The van der Waals surface area contributed by atoms with Gasteiger partial charge in [-0.1, -0.05) is 0 Å². The fourth-order valence-electron chi connectivity index (χ4n) is 1.67. The van der Waals surface area contributed by atoms with Crippen LogP contribution >= 0.6 is 0 Å². The van der Waals surface area contributed by atoms with E-state index in [4.69, 9.17) is 9.57 Å². The Bertz CT molecular complexity index is 696. The summed E-state index contributed by atoms with van der Waals surface area (Å²) in [6.45, 7) is 0. The number of hydrazone groups is 1. The van der Waals surface area contributed by atoms with Gasteiger partial charge in [-0.15, -0.1) is 5.10 Å². The van der Waals surface area contributed by atoms with Crippen LogP contribution in [0, 0.1) is 0 Å². The van der Waals surface area contributed by atoms with E-state index in [9.17, 15) is 10.2 Å². The maximum Gasteiger partial charge on any atom is 0.217 e. The minimum Gasteiger partial charge on any atom is -0.508 e. The van der Waals surface area contributed by atoms with E-state index in [0.717, 1.165) is 5.28 Å². The Hall–Kier alpha value is -3.35. The third kappa shape index (κ3) is 3.40. The molecule has 7 heteroatoms. The number of nitrogens with one attached hydrogen (secondary N) is 1. The molecule has 7 nitrogen and oxygen atoms in total. The Kier molecular flexibility index (Phi) is 3.69. The SMILES string of the molecule is Oc1ccc(OC2=CC=NN(Oc3ccc(O)cc3)N2)cc1. The van der Waals surface area contributed by atoms with Crippen molar-refractivity contribution in [3.8, 4) is 23.0 Å². The number of hydrogen-bond acceptors (Lipinski definition) is 7. The van der Waals surface area contributed by atoms with Crippen LogP contribution in [-0.4, -0.2) is 21.7 Å². The van der Waals surface area contributed by atoms with Gasteiger partial charge in [-0.05, 0) is 53.8 Å². The lowest BCUT2D eigenvalue weighted by Gasteiger charge is -2.23. The molecule has 0 amide bonds. The van der Waals surface area contributed by atoms with Gasteiger partial charge in [0.05, 0.1) is 6.21 Å². The number of phenolic OH excluding ortho intramolecular Hbond substituents is 2.